The van der Waals surface area contributed by atoms with E-state index < -0.39 is 20.9 Å². The molecule has 1 amide bonds. The molecule has 11 heteroatoms. The molecule has 1 aliphatic heterocycles. The van der Waals surface area contributed by atoms with Gasteiger partial charge in [-0.25, -0.2) is 13.1 Å². The number of carbonyl (C=O) groups is 1. The van der Waals surface area contributed by atoms with Gasteiger partial charge in [-0.2, -0.15) is 0 Å². The van der Waals surface area contributed by atoms with Crippen LogP contribution in [0.15, 0.2) is 53.4 Å². The number of carbonyl (C=O) groups excluding carboxylic acids is 1. The van der Waals surface area contributed by atoms with Crippen LogP contribution < -0.4 is 10.0 Å². The minimum atomic E-state index is -4.26. The van der Waals surface area contributed by atoms with Crippen molar-refractivity contribution in [2.75, 3.05) is 25.1 Å². The molecule has 0 spiro atoms. The van der Waals surface area contributed by atoms with Crippen LogP contribution in [0.3, 0.4) is 0 Å². The second kappa shape index (κ2) is 10.4. The normalized spacial score (nSPS) is 14.4. The van der Waals surface area contributed by atoms with Crippen LogP contribution in [0, 0.1) is 16.0 Å². The molecule has 30 heavy (non-hydrogen) atoms. The first-order chi connectivity index (χ1) is 13.9. The van der Waals surface area contributed by atoms with Gasteiger partial charge in [0.2, 0.25) is 0 Å². The molecule has 2 aromatic rings. The third kappa shape index (κ3) is 5.91. The number of benzene rings is 2. The molecule has 1 aliphatic rings. The average Bonchev–Trinajstić information content (AvgIpc) is 2.73. The van der Waals surface area contributed by atoms with Gasteiger partial charge in [0.05, 0.1) is 9.82 Å². The Balaban J connectivity index is 0.00000320. The van der Waals surface area contributed by atoms with E-state index in [9.17, 15) is 23.3 Å². The van der Waals surface area contributed by atoms with Crippen molar-refractivity contribution in [2.24, 2.45) is 5.92 Å². The zero-order valence-corrected chi connectivity index (χ0v) is 17.6. The molecule has 0 aliphatic carbocycles. The monoisotopic (exact) mass is 455 g/mol. The molecule has 0 unspecified atom stereocenters. The van der Waals surface area contributed by atoms with E-state index >= 15 is 0 Å². The quantitative estimate of drug-likeness (QED) is 0.485. The van der Waals surface area contributed by atoms with Crippen molar-refractivity contribution >= 4 is 39.7 Å². The SMILES string of the molecule is Cl.O=C(NS(=O)(=O)c1ccc(NCC2CCOCC2)c([N+](=O)[O-])c1)c1ccccc1. The summed E-state index contributed by atoms with van der Waals surface area (Å²) in [6, 6.07) is 11.4. The molecule has 9 nitrogen and oxygen atoms in total. The Kier molecular flexibility index (Phi) is 8.16. The highest BCUT2D eigenvalue weighted by atomic mass is 35.5. The number of halogens is 1. The summed E-state index contributed by atoms with van der Waals surface area (Å²) in [6.07, 6.45) is 1.72. The molecule has 2 N–H and O–H groups in total. The fourth-order valence-corrected chi connectivity index (χ4v) is 4.01. The minimum absolute atomic E-state index is 0. The van der Waals surface area contributed by atoms with Gasteiger partial charge in [-0.1, -0.05) is 18.2 Å². The summed E-state index contributed by atoms with van der Waals surface area (Å²) in [5.41, 5.74) is 0.0299. The van der Waals surface area contributed by atoms with Crippen LogP contribution in [0.5, 0.6) is 0 Å². The van der Waals surface area contributed by atoms with E-state index in [1.807, 2.05) is 4.72 Å². The molecular weight excluding hydrogens is 434 g/mol. The molecule has 3 rings (SSSR count). The lowest BCUT2D eigenvalue weighted by Gasteiger charge is -2.22. The number of nitro benzene ring substituents is 1. The van der Waals surface area contributed by atoms with Crippen molar-refractivity contribution in [3.8, 4) is 0 Å². The smallest absolute Gasteiger partial charge is 0.293 e. The molecule has 0 aromatic heterocycles. The lowest BCUT2D eigenvalue weighted by atomic mass is 10.0. The number of anilines is 1. The highest BCUT2D eigenvalue weighted by Gasteiger charge is 2.24. The van der Waals surface area contributed by atoms with E-state index in [0.29, 0.717) is 25.7 Å². The molecule has 1 saturated heterocycles. The van der Waals surface area contributed by atoms with E-state index in [2.05, 4.69) is 5.32 Å². The molecular formula is C19H22ClN3O6S. The summed E-state index contributed by atoms with van der Waals surface area (Å²) < 4.78 is 32.3. The summed E-state index contributed by atoms with van der Waals surface area (Å²) in [5.74, 6) is -0.480. The molecule has 0 bridgehead atoms. The Bertz CT molecular complexity index is 995. The fraction of sp³-hybridized carbons (Fsp3) is 0.316. The van der Waals surface area contributed by atoms with Gasteiger partial charge >= 0.3 is 0 Å². The number of amides is 1. The van der Waals surface area contributed by atoms with Gasteiger partial charge in [0.1, 0.15) is 5.69 Å². The van der Waals surface area contributed by atoms with E-state index in [-0.39, 0.29) is 34.2 Å². The Hall–Kier alpha value is -2.69. The third-order valence-electron chi connectivity index (χ3n) is 4.66. The second-order valence-corrected chi connectivity index (χ2v) is 8.36. The summed E-state index contributed by atoms with van der Waals surface area (Å²) in [4.78, 5) is 22.6. The molecule has 1 heterocycles. The molecule has 0 radical (unpaired) electrons. The summed E-state index contributed by atoms with van der Waals surface area (Å²) >= 11 is 0. The van der Waals surface area contributed by atoms with Gasteiger partial charge < -0.3 is 10.1 Å². The first-order valence-corrected chi connectivity index (χ1v) is 10.6. The highest BCUT2D eigenvalue weighted by molar-refractivity contribution is 7.90. The van der Waals surface area contributed by atoms with E-state index in [1.54, 1.807) is 18.2 Å². The second-order valence-electron chi connectivity index (χ2n) is 6.67. The highest BCUT2D eigenvalue weighted by Crippen LogP contribution is 2.28. The van der Waals surface area contributed by atoms with Crippen molar-refractivity contribution in [1.82, 2.24) is 4.72 Å². The molecule has 1 fully saturated rings. The Morgan fingerprint density at radius 1 is 1.13 bits per heavy atom. The van der Waals surface area contributed by atoms with Gasteiger partial charge in [-0.05, 0) is 43.0 Å². The predicted molar refractivity (Wildman–Crippen MR) is 113 cm³/mol. The van der Waals surface area contributed by atoms with Crippen molar-refractivity contribution in [3.05, 3.63) is 64.2 Å². The van der Waals surface area contributed by atoms with Crippen molar-refractivity contribution < 1.29 is 22.9 Å². The lowest BCUT2D eigenvalue weighted by molar-refractivity contribution is -0.384. The molecule has 0 saturated carbocycles. The lowest BCUT2D eigenvalue weighted by Crippen LogP contribution is -2.30. The van der Waals surface area contributed by atoms with Gasteiger partial charge in [0.15, 0.2) is 0 Å². The van der Waals surface area contributed by atoms with Crippen molar-refractivity contribution in [1.29, 1.82) is 0 Å². The minimum Gasteiger partial charge on any atom is -0.381 e. The fourth-order valence-electron chi connectivity index (χ4n) is 3.01. The van der Waals surface area contributed by atoms with Crippen molar-refractivity contribution in [3.63, 3.8) is 0 Å². The molecule has 0 atom stereocenters. The number of nitrogens with one attached hydrogen (secondary N) is 2. The summed E-state index contributed by atoms with van der Waals surface area (Å²) in [7, 11) is -4.26. The van der Waals surface area contributed by atoms with Crippen LogP contribution in [-0.2, 0) is 14.8 Å². The van der Waals surface area contributed by atoms with E-state index in [0.717, 1.165) is 18.9 Å². The number of rotatable bonds is 7. The summed E-state index contributed by atoms with van der Waals surface area (Å²) in [5, 5.41) is 14.5. The Labute approximate surface area is 180 Å². The third-order valence-corrected chi connectivity index (χ3v) is 5.99. The van der Waals surface area contributed by atoms with Crippen LogP contribution >= 0.6 is 12.4 Å². The van der Waals surface area contributed by atoms with Crippen LogP contribution in [0.25, 0.3) is 0 Å². The maximum Gasteiger partial charge on any atom is 0.293 e. The van der Waals surface area contributed by atoms with Gasteiger partial charge in [-0.15, -0.1) is 12.4 Å². The number of ether oxygens (including phenoxy) is 1. The number of nitrogens with zero attached hydrogens (tertiary/aromatic N) is 1. The average molecular weight is 456 g/mol. The van der Waals surface area contributed by atoms with Gasteiger partial charge in [0, 0.05) is 31.4 Å². The Morgan fingerprint density at radius 3 is 2.43 bits per heavy atom. The zero-order valence-electron chi connectivity index (χ0n) is 15.9. The molecule has 162 valence electrons. The summed E-state index contributed by atoms with van der Waals surface area (Å²) in [6.45, 7) is 1.85. The van der Waals surface area contributed by atoms with Crippen molar-refractivity contribution in [2.45, 2.75) is 17.7 Å². The topological polar surface area (TPSA) is 128 Å². The van der Waals surface area contributed by atoms with Gasteiger partial charge in [0.25, 0.3) is 21.6 Å². The first-order valence-electron chi connectivity index (χ1n) is 9.09. The zero-order chi connectivity index (χ0) is 20.9. The Morgan fingerprint density at radius 2 is 1.80 bits per heavy atom. The van der Waals surface area contributed by atoms with Gasteiger partial charge in [-0.3, -0.25) is 14.9 Å². The number of hydrogen-bond acceptors (Lipinski definition) is 7. The van der Waals surface area contributed by atoms with Crippen LogP contribution in [0.4, 0.5) is 11.4 Å². The van der Waals surface area contributed by atoms with E-state index in [1.165, 1.54) is 24.3 Å². The van der Waals surface area contributed by atoms with Crippen LogP contribution in [-0.4, -0.2) is 39.0 Å². The van der Waals surface area contributed by atoms with E-state index in [4.69, 9.17) is 4.74 Å². The standard InChI is InChI=1S/C19H21N3O6S.ClH/c23-19(15-4-2-1-3-5-15)21-29(26,27)16-6-7-17(18(12-16)22(24)25)20-13-14-8-10-28-11-9-14;/h1-7,12,14,20H,8-11,13H2,(H,21,23);1H. The maximum atomic E-state index is 12.5. The number of nitro groups is 1. The largest absolute Gasteiger partial charge is 0.381 e. The number of sulfonamides is 1. The molecule has 2 aromatic carbocycles. The maximum absolute atomic E-state index is 12.5. The van der Waals surface area contributed by atoms with Crippen LogP contribution in [0.2, 0.25) is 0 Å². The van der Waals surface area contributed by atoms with Crippen LogP contribution in [0.1, 0.15) is 23.2 Å². The first kappa shape index (κ1) is 23.6. The number of hydrogen-bond donors (Lipinski definition) is 2. The predicted octanol–water partition coefficient (Wildman–Crippen LogP) is 2.97.